The Bertz CT molecular complexity index is 590. The standard InChI is InChI=1S/C13H13NO5/c1-16-10-5-4-8(6-11(10)17-2)9-7-12(19-14-9)13(15)18-3/h4-7H,1-3H3. The van der Waals surface area contributed by atoms with Gasteiger partial charge in [0, 0.05) is 11.6 Å². The van der Waals surface area contributed by atoms with E-state index >= 15 is 0 Å². The van der Waals surface area contributed by atoms with Crippen LogP contribution in [0.3, 0.4) is 0 Å². The molecule has 1 aromatic carbocycles. The van der Waals surface area contributed by atoms with E-state index in [-0.39, 0.29) is 5.76 Å². The molecule has 1 heterocycles. The Balaban J connectivity index is 2.36. The summed E-state index contributed by atoms with van der Waals surface area (Å²) in [6.07, 6.45) is 0. The average molecular weight is 263 g/mol. The Morgan fingerprint density at radius 3 is 2.47 bits per heavy atom. The third-order valence-corrected chi connectivity index (χ3v) is 2.58. The molecular weight excluding hydrogens is 250 g/mol. The summed E-state index contributed by atoms with van der Waals surface area (Å²) in [4.78, 5) is 11.3. The zero-order valence-corrected chi connectivity index (χ0v) is 10.8. The number of methoxy groups -OCH3 is 3. The fourth-order valence-corrected chi connectivity index (χ4v) is 1.60. The molecule has 0 saturated heterocycles. The Kier molecular flexibility index (Phi) is 3.70. The van der Waals surface area contributed by atoms with Gasteiger partial charge >= 0.3 is 5.97 Å². The number of rotatable bonds is 4. The highest BCUT2D eigenvalue weighted by Crippen LogP contribution is 2.32. The molecular formula is C13H13NO5. The third-order valence-electron chi connectivity index (χ3n) is 2.58. The van der Waals surface area contributed by atoms with Gasteiger partial charge in [0.25, 0.3) is 0 Å². The summed E-state index contributed by atoms with van der Waals surface area (Å²) in [5, 5.41) is 3.81. The molecule has 0 amide bonds. The third kappa shape index (κ3) is 2.52. The maximum atomic E-state index is 11.3. The monoisotopic (exact) mass is 263 g/mol. The molecule has 0 fully saturated rings. The zero-order valence-electron chi connectivity index (χ0n) is 10.8. The van der Waals surface area contributed by atoms with Gasteiger partial charge in [0.15, 0.2) is 11.5 Å². The highest BCUT2D eigenvalue weighted by Gasteiger charge is 2.15. The number of esters is 1. The smallest absolute Gasteiger partial charge is 0.376 e. The summed E-state index contributed by atoms with van der Waals surface area (Å²) < 4.78 is 19.8. The van der Waals surface area contributed by atoms with Crippen LogP contribution in [-0.4, -0.2) is 32.5 Å². The topological polar surface area (TPSA) is 70.8 Å². The number of ether oxygens (including phenoxy) is 3. The van der Waals surface area contributed by atoms with Gasteiger partial charge in [0.05, 0.1) is 21.3 Å². The molecule has 6 heteroatoms. The Morgan fingerprint density at radius 1 is 1.11 bits per heavy atom. The van der Waals surface area contributed by atoms with Crippen molar-refractivity contribution in [3.05, 3.63) is 30.0 Å². The van der Waals surface area contributed by atoms with Gasteiger partial charge in [0.2, 0.25) is 5.76 Å². The van der Waals surface area contributed by atoms with E-state index in [1.807, 2.05) is 0 Å². The van der Waals surface area contributed by atoms with Crippen LogP contribution in [0.5, 0.6) is 11.5 Å². The molecule has 0 unspecified atom stereocenters. The van der Waals surface area contributed by atoms with E-state index < -0.39 is 5.97 Å². The summed E-state index contributed by atoms with van der Waals surface area (Å²) in [5.41, 5.74) is 1.26. The van der Waals surface area contributed by atoms with Crippen molar-refractivity contribution in [3.63, 3.8) is 0 Å². The van der Waals surface area contributed by atoms with Crippen molar-refractivity contribution >= 4 is 5.97 Å². The zero-order chi connectivity index (χ0) is 13.8. The van der Waals surface area contributed by atoms with Crippen LogP contribution in [-0.2, 0) is 4.74 Å². The van der Waals surface area contributed by atoms with E-state index in [0.717, 1.165) is 5.56 Å². The van der Waals surface area contributed by atoms with Crippen molar-refractivity contribution in [2.24, 2.45) is 0 Å². The number of carbonyl (C=O) groups excluding carboxylic acids is 1. The normalized spacial score (nSPS) is 10.1. The van der Waals surface area contributed by atoms with Gasteiger partial charge < -0.3 is 18.7 Å². The minimum Gasteiger partial charge on any atom is -0.493 e. The molecule has 0 atom stereocenters. The van der Waals surface area contributed by atoms with Gasteiger partial charge in [-0.15, -0.1) is 0 Å². The minimum atomic E-state index is -0.570. The fourth-order valence-electron chi connectivity index (χ4n) is 1.60. The summed E-state index contributed by atoms with van der Waals surface area (Å²) in [6, 6.07) is 6.80. The Labute approximate surface area is 109 Å². The van der Waals surface area contributed by atoms with Gasteiger partial charge in [-0.1, -0.05) is 5.16 Å². The lowest BCUT2D eigenvalue weighted by molar-refractivity contribution is 0.0554. The van der Waals surface area contributed by atoms with E-state index in [9.17, 15) is 4.79 Å². The molecule has 100 valence electrons. The van der Waals surface area contributed by atoms with Crippen LogP contribution in [0.25, 0.3) is 11.3 Å². The van der Waals surface area contributed by atoms with Crippen LogP contribution in [0, 0.1) is 0 Å². The van der Waals surface area contributed by atoms with Crippen LogP contribution in [0.2, 0.25) is 0 Å². The van der Waals surface area contributed by atoms with Crippen LogP contribution in [0.15, 0.2) is 28.8 Å². The minimum absolute atomic E-state index is 0.0484. The predicted molar refractivity (Wildman–Crippen MR) is 66.4 cm³/mol. The highest BCUT2D eigenvalue weighted by molar-refractivity contribution is 5.87. The second-order valence-corrected chi connectivity index (χ2v) is 3.64. The number of hydrogen-bond acceptors (Lipinski definition) is 6. The predicted octanol–water partition coefficient (Wildman–Crippen LogP) is 2.15. The van der Waals surface area contributed by atoms with E-state index in [2.05, 4.69) is 9.89 Å². The maximum absolute atomic E-state index is 11.3. The first-order valence-corrected chi connectivity index (χ1v) is 5.47. The molecule has 19 heavy (non-hydrogen) atoms. The van der Waals surface area contributed by atoms with Crippen LogP contribution < -0.4 is 9.47 Å². The van der Waals surface area contributed by atoms with E-state index in [4.69, 9.17) is 14.0 Å². The first-order chi connectivity index (χ1) is 9.19. The molecule has 0 radical (unpaired) electrons. The number of carbonyl (C=O) groups is 1. The van der Waals surface area contributed by atoms with Crippen molar-refractivity contribution in [2.45, 2.75) is 0 Å². The second kappa shape index (κ2) is 5.43. The Morgan fingerprint density at radius 2 is 1.84 bits per heavy atom. The van der Waals surface area contributed by atoms with Crippen molar-refractivity contribution < 1.29 is 23.5 Å². The van der Waals surface area contributed by atoms with Gasteiger partial charge in [-0.25, -0.2) is 4.79 Å². The van der Waals surface area contributed by atoms with Gasteiger partial charge in [-0.05, 0) is 18.2 Å². The summed E-state index contributed by atoms with van der Waals surface area (Å²) >= 11 is 0. The number of nitrogens with zero attached hydrogens (tertiary/aromatic N) is 1. The number of hydrogen-bond donors (Lipinski definition) is 0. The quantitative estimate of drug-likeness (QED) is 0.787. The van der Waals surface area contributed by atoms with Crippen LogP contribution >= 0.6 is 0 Å². The lowest BCUT2D eigenvalue weighted by Crippen LogP contribution is -1.98. The molecule has 6 nitrogen and oxygen atoms in total. The molecule has 1 aromatic heterocycles. The molecule has 0 saturated carbocycles. The molecule has 0 spiro atoms. The summed E-state index contributed by atoms with van der Waals surface area (Å²) in [7, 11) is 4.38. The molecule has 0 N–H and O–H groups in total. The van der Waals surface area contributed by atoms with Crippen LogP contribution in [0.1, 0.15) is 10.6 Å². The van der Waals surface area contributed by atoms with Gasteiger partial charge in [0.1, 0.15) is 5.69 Å². The number of benzene rings is 1. The van der Waals surface area contributed by atoms with Crippen molar-refractivity contribution in [1.29, 1.82) is 0 Å². The van der Waals surface area contributed by atoms with Crippen LogP contribution in [0.4, 0.5) is 0 Å². The molecule has 2 aromatic rings. The fraction of sp³-hybridized carbons (Fsp3) is 0.231. The van der Waals surface area contributed by atoms with Crippen molar-refractivity contribution in [1.82, 2.24) is 5.16 Å². The summed E-state index contributed by atoms with van der Waals surface area (Å²) in [6.45, 7) is 0. The summed E-state index contributed by atoms with van der Waals surface area (Å²) in [5.74, 6) is 0.664. The maximum Gasteiger partial charge on any atom is 0.376 e. The van der Waals surface area contributed by atoms with Crippen molar-refractivity contribution in [3.8, 4) is 22.8 Å². The average Bonchev–Trinajstić information content (AvgIpc) is 2.95. The lowest BCUT2D eigenvalue weighted by Gasteiger charge is -2.07. The molecule has 0 aliphatic heterocycles. The number of aromatic nitrogens is 1. The molecule has 2 rings (SSSR count). The molecule has 0 aliphatic carbocycles. The Hall–Kier alpha value is -2.50. The lowest BCUT2D eigenvalue weighted by atomic mass is 10.1. The second-order valence-electron chi connectivity index (χ2n) is 3.64. The van der Waals surface area contributed by atoms with E-state index in [0.29, 0.717) is 17.2 Å². The molecule has 0 aliphatic rings. The first-order valence-electron chi connectivity index (χ1n) is 5.47. The molecule has 0 bridgehead atoms. The SMILES string of the molecule is COC(=O)c1cc(-c2ccc(OC)c(OC)c2)no1. The highest BCUT2D eigenvalue weighted by atomic mass is 16.5. The van der Waals surface area contributed by atoms with Gasteiger partial charge in [-0.3, -0.25) is 0 Å². The van der Waals surface area contributed by atoms with Gasteiger partial charge in [-0.2, -0.15) is 0 Å². The first kappa shape index (κ1) is 12.9. The van der Waals surface area contributed by atoms with E-state index in [1.165, 1.54) is 13.2 Å². The van der Waals surface area contributed by atoms with E-state index in [1.54, 1.807) is 32.4 Å². The largest absolute Gasteiger partial charge is 0.493 e. The van der Waals surface area contributed by atoms with Crippen molar-refractivity contribution in [2.75, 3.05) is 21.3 Å².